The maximum absolute atomic E-state index is 12.7. The molecule has 0 bridgehead atoms. The lowest BCUT2D eigenvalue weighted by Gasteiger charge is -2.23. The van der Waals surface area contributed by atoms with Gasteiger partial charge >= 0.3 is 0 Å². The first-order valence-corrected chi connectivity index (χ1v) is 9.40. The van der Waals surface area contributed by atoms with Gasteiger partial charge in [0.05, 0.1) is 12.8 Å². The van der Waals surface area contributed by atoms with E-state index >= 15 is 0 Å². The van der Waals surface area contributed by atoms with Crippen molar-refractivity contribution in [3.8, 4) is 0 Å². The zero-order valence-electron chi connectivity index (χ0n) is 15.5. The molecule has 0 radical (unpaired) electrons. The third kappa shape index (κ3) is 5.41. The fraction of sp³-hybridized carbons (Fsp3) is 0.364. The van der Waals surface area contributed by atoms with Crippen LogP contribution in [0.5, 0.6) is 0 Å². The van der Waals surface area contributed by atoms with Crippen LogP contribution >= 0.6 is 0 Å². The minimum absolute atomic E-state index is 0.0375. The summed E-state index contributed by atoms with van der Waals surface area (Å²) in [6, 6.07) is 19.3. The van der Waals surface area contributed by atoms with Crippen LogP contribution in [-0.4, -0.2) is 59.5 Å². The number of hydrogen-bond donors (Lipinski definition) is 1. The van der Waals surface area contributed by atoms with E-state index in [9.17, 15) is 14.7 Å². The van der Waals surface area contributed by atoms with E-state index in [0.717, 1.165) is 11.1 Å². The van der Waals surface area contributed by atoms with Gasteiger partial charge in [-0.25, -0.2) is 0 Å². The first-order chi connectivity index (χ1) is 13.2. The van der Waals surface area contributed by atoms with Crippen molar-refractivity contribution in [2.45, 2.75) is 12.8 Å². The molecule has 0 saturated carbocycles. The maximum Gasteiger partial charge on any atom is 0.227 e. The van der Waals surface area contributed by atoms with E-state index in [2.05, 4.69) is 0 Å². The molecule has 0 spiro atoms. The molecule has 27 heavy (non-hydrogen) atoms. The molecule has 2 aromatic rings. The fourth-order valence-corrected chi connectivity index (χ4v) is 3.44. The molecule has 0 aliphatic carbocycles. The highest BCUT2D eigenvalue weighted by molar-refractivity contribution is 5.80. The average Bonchev–Trinajstić information content (AvgIpc) is 2.92. The van der Waals surface area contributed by atoms with Crippen molar-refractivity contribution in [2.24, 2.45) is 5.92 Å². The molecule has 3 rings (SSSR count). The first-order valence-electron chi connectivity index (χ1n) is 9.40. The van der Waals surface area contributed by atoms with E-state index in [1.165, 1.54) is 0 Å². The first kappa shape index (κ1) is 19.1. The van der Waals surface area contributed by atoms with Gasteiger partial charge in [0.2, 0.25) is 11.8 Å². The van der Waals surface area contributed by atoms with E-state index in [1.54, 1.807) is 9.80 Å². The zero-order chi connectivity index (χ0) is 19.1. The minimum Gasteiger partial charge on any atom is -0.396 e. The molecule has 1 fully saturated rings. The van der Waals surface area contributed by atoms with Crippen LogP contribution in [0.15, 0.2) is 60.7 Å². The lowest BCUT2D eigenvalue weighted by Crippen LogP contribution is -2.38. The second-order valence-corrected chi connectivity index (χ2v) is 7.05. The number of carbonyl (C=O) groups is 2. The Balaban J connectivity index is 1.62. The number of nitrogens with zero attached hydrogens (tertiary/aromatic N) is 2. The van der Waals surface area contributed by atoms with Gasteiger partial charge in [-0.15, -0.1) is 0 Å². The molecule has 2 amide bonds. The molecular weight excluding hydrogens is 340 g/mol. The Labute approximate surface area is 160 Å². The second kappa shape index (κ2) is 9.33. The molecule has 0 aromatic heterocycles. The van der Waals surface area contributed by atoms with E-state index in [0.29, 0.717) is 39.0 Å². The monoisotopic (exact) mass is 366 g/mol. The Morgan fingerprint density at radius 3 is 1.56 bits per heavy atom. The Bertz CT molecular complexity index is 685. The Morgan fingerprint density at radius 2 is 1.19 bits per heavy atom. The highest BCUT2D eigenvalue weighted by Gasteiger charge is 2.27. The number of aliphatic hydroxyl groups excluding tert-OH is 1. The maximum atomic E-state index is 12.7. The third-order valence-electron chi connectivity index (χ3n) is 4.96. The van der Waals surface area contributed by atoms with Gasteiger partial charge in [0, 0.05) is 38.7 Å². The van der Waals surface area contributed by atoms with Gasteiger partial charge in [0.15, 0.2) is 0 Å². The molecule has 0 atom stereocenters. The molecule has 1 heterocycles. The smallest absolute Gasteiger partial charge is 0.227 e. The van der Waals surface area contributed by atoms with Crippen LogP contribution in [0.25, 0.3) is 0 Å². The molecule has 1 aliphatic rings. The molecule has 1 N–H and O–H groups in total. The molecule has 142 valence electrons. The van der Waals surface area contributed by atoms with Crippen LogP contribution < -0.4 is 0 Å². The van der Waals surface area contributed by atoms with Gasteiger partial charge in [-0.05, 0) is 11.1 Å². The summed E-state index contributed by atoms with van der Waals surface area (Å²) >= 11 is 0. The summed E-state index contributed by atoms with van der Waals surface area (Å²) in [4.78, 5) is 28.9. The normalized spacial score (nSPS) is 15.4. The van der Waals surface area contributed by atoms with Crippen molar-refractivity contribution in [1.29, 1.82) is 0 Å². The van der Waals surface area contributed by atoms with Gasteiger partial charge < -0.3 is 14.9 Å². The summed E-state index contributed by atoms with van der Waals surface area (Å²) in [5.41, 5.74) is 1.95. The van der Waals surface area contributed by atoms with Crippen LogP contribution in [-0.2, 0) is 22.4 Å². The summed E-state index contributed by atoms with van der Waals surface area (Å²) in [6.07, 6.45) is 0.688. The third-order valence-corrected chi connectivity index (χ3v) is 4.96. The summed E-state index contributed by atoms with van der Waals surface area (Å²) in [6.45, 7) is 1.93. The van der Waals surface area contributed by atoms with E-state index in [-0.39, 0.29) is 24.3 Å². The van der Waals surface area contributed by atoms with Crippen molar-refractivity contribution in [2.75, 3.05) is 32.8 Å². The molecule has 2 aromatic carbocycles. The SMILES string of the molecule is O=C(Cc1ccccc1)N1CCN(C(=O)Cc2ccccc2)CC(CO)C1. The number of aliphatic hydroxyl groups is 1. The predicted octanol–water partition coefficient (Wildman–Crippen LogP) is 1.75. The largest absolute Gasteiger partial charge is 0.396 e. The topological polar surface area (TPSA) is 60.9 Å². The van der Waals surface area contributed by atoms with Crippen molar-refractivity contribution in [3.05, 3.63) is 71.8 Å². The van der Waals surface area contributed by atoms with Crippen LogP contribution in [0.4, 0.5) is 0 Å². The molecule has 0 unspecified atom stereocenters. The summed E-state index contributed by atoms with van der Waals surface area (Å²) < 4.78 is 0. The van der Waals surface area contributed by atoms with Gasteiger partial charge in [-0.3, -0.25) is 9.59 Å². The molecule has 1 saturated heterocycles. The standard InChI is InChI=1S/C22H26N2O3/c25-17-20-15-23(21(26)13-18-7-3-1-4-8-18)11-12-24(16-20)22(27)14-19-9-5-2-6-10-19/h1-10,20,25H,11-17H2. The molecular formula is C22H26N2O3. The van der Waals surface area contributed by atoms with Crippen LogP contribution in [0.2, 0.25) is 0 Å². The Morgan fingerprint density at radius 1 is 0.778 bits per heavy atom. The van der Waals surface area contributed by atoms with Crippen molar-refractivity contribution in [1.82, 2.24) is 9.80 Å². The van der Waals surface area contributed by atoms with E-state index in [1.807, 2.05) is 60.7 Å². The predicted molar refractivity (Wildman–Crippen MR) is 104 cm³/mol. The van der Waals surface area contributed by atoms with Crippen molar-refractivity contribution in [3.63, 3.8) is 0 Å². The summed E-state index contributed by atoms with van der Waals surface area (Å²) in [5, 5.41) is 9.72. The van der Waals surface area contributed by atoms with Gasteiger partial charge in [0.1, 0.15) is 0 Å². The summed E-state index contributed by atoms with van der Waals surface area (Å²) in [5.74, 6) is -0.0408. The number of rotatable bonds is 5. The van der Waals surface area contributed by atoms with Gasteiger partial charge in [-0.2, -0.15) is 0 Å². The van der Waals surface area contributed by atoms with Crippen LogP contribution in [0.1, 0.15) is 11.1 Å². The number of benzene rings is 2. The van der Waals surface area contributed by atoms with Crippen LogP contribution in [0.3, 0.4) is 0 Å². The van der Waals surface area contributed by atoms with Gasteiger partial charge in [0.25, 0.3) is 0 Å². The fourth-order valence-electron chi connectivity index (χ4n) is 3.44. The van der Waals surface area contributed by atoms with Crippen molar-refractivity contribution < 1.29 is 14.7 Å². The quantitative estimate of drug-likeness (QED) is 0.877. The van der Waals surface area contributed by atoms with E-state index in [4.69, 9.17) is 0 Å². The minimum atomic E-state index is -0.119. The summed E-state index contributed by atoms with van der Waals surface area (Å²) in [7, 11) is 0. The average molecular weight is 366 g/mol. The Kier molecular flexibility index (Phi) is 6.60. The lowest BCUT2D eigenvalue weighted by atomic mass is 10.1. The number of amides is 2. The van der Waals surface area contributed by atoms with Crippen LogP contribution in [0, 0.1) is 5.92 Å². The Hall–Kier alpha value is -2.66. The second-order valence-electron chi connectivity index (χ2n) is 7.05. The van der Waals surface area contributed by atoms with Crippen molar-refractivity contribution >= 4 is 11.8 Å². The van der Waals surface area contributed by atoms with E-state index < -0.39 is 0 Å². The number of hydrogen-bond acceptors (Lipinski definition) is 3. The molecule has 5 nitrogen and oxygen atoms in total. The highest BCUT2D eigenvalue weighted by atomic mass is 16.3. The van der Waals surface area contributed by atoms with Gasteiger partial charge in [-0.1, -0.05) is 60.7 Å². The number of carbonyl (C=O) groups excluding carboxylic acids is 2. The lowest BCUT2D eigenvalue weighted by molar-refractivity contribution is -0.132. The highest BCUT2D eigenvalue weighted by Crippen LogP contribution is 2.13. The molecule has 1 aliphatic heterocycles. The molecule has 5 heteroatoms. The zero-order valence-corrected chi connectivity index (χ0v) is 15.5.